The van der Waals surface area contributed by atoms with Crippen LogP contribution in [0.4, 0.5) is 0 Å². The van der Waals surface area contributed by atoms with E-state index in [2.05, 4.69) is 9.71 Å². The van der Waals surface area contributed by atoms with Gasteiger partial charge in [0.2, 0.25) is 0 Å². The normalized spacial score (nSPS) is 20.2. The number of carbonyl (C=O) groups is 3. The zero-order valence-corrected chi connectivity index (χ0v) is 17.5. The Morgan fingerprint density at radius 3 is 2.57 bits per heavy atom. The molecule has 1 aromatic carbocycles. The number of amidine groups is 1. The lowest BCUT2D eigenvalue weighted by atomic mass is 9.97. The van der Waals surface area contributed by atoms with Crippen molar-refractivity contribution in [3.63, 3.8) is 0 Å². The van der Waals surface area contributed by atoms with E-state index in [0.29, 0.717) is 31.5 Å². The summed E-state index contributed by atoms with van der Waals surface area (Å²) in [6.45, 7) is 1.77. The quantitative estimate of drug-likeness (QED) is 0.645. The fourth-order valence-electron chi connectivity index (χ4n) is 3.35. The molecule has 11 heteroatoms. The molecule has 0 saturated carbocycles. The summed E-state index contributed by atoms with van der Waals surface area (Å²) in [7, 11) is -2.37. The fourth-order valence-corrected chi connectivity index (χ4v) is 4.59. The first-order valence-electron chi connectivity index (χ1n) is 9.45. The lowest BCUT2D eigenvalue weighted by molar-refractivity contribution is -0.154. The Labute approximate surface area is 174 Å². The molecule has 1 saturated heterocycles. The van der Waals surface area contributed by atoms with Gasteiger partial charge >= 0.3 is 11.9 Å². The van der Waals surface area contributed by atoms with Crippen molar-refractivity contribution in [3.05, 3.63) is 29.8 Å². The Bertz CT molecular complexity index is 982. The van der Waals surface area contributed by atoms with Gasteiger partial charge in [0.1, 0.15) is 11.9 Å². The van der Waals surface area contributed by atoms with Gasteiger partial charge in [-0.1, -0.05) is 12.1 Å². The molecule has 2 heterocycles. The maximum atomic E-state index is 12.3. The number of amides is 1. The molecule has 10 nitrogen and oxygen atoms in total. The number of aliphatic imine (C=N–C) groups is 1. The van der Waals surface area contributed by atoms with Crippen molar-refractivity contribution < 1.29 is 32.3 Å². The Balaban J connectivity index is 1.54. The zero-order valence-electron chi connectivity index (χ0n) is 16.7. The summed E-state index contributed by atoms with van der Waals surface area (Å²) in [6, 6.07) is 5.29. The second kappa shape index (κ2) is 8.82. The molecule has 0 aromatic heterocycles. The highest BCUT2D eigenvalue weighted by atomic mass is 32.2. The molecule has 0 radical (unpaired) electrons. The first-order valence-corrected chi connectivity index (χ1v) is 10.9. The van der Waals surface area contributed by atoms with Crippen molar-refractivity contribution in [3.8, 4) is 0 Å². The second-order valence-corrected chi connectivity index (χ2v) is 8.69. The van der Waals surface area contributed by atoms with E-state index >= 15 is 0 Å². The highest BCUT2D eigenvalue weighted by Gasteiger charge is 2.32. The number of hydrogen-bond donors (Lipinski definition) is 1. The largest absolute Gasteiger partial charge is 0.469 e. The molecule has 1 amide bonds. The molecule has 1 aromatic rings. The van der Waals surface area contributed by atoms with Crippen molar-refractivity contribution in [2.75, 3.05) is 26.8 Å². The third-order valence-electron chi connectivity index (χ3n) is 5.05. The summed E-state index contributed by atoms with van der Waals surface area (Å²) >= 11 is 0. The number of methoxy groups -OCH3 is 1. The Kier molecular flexibility index (Phi) is 6.40. The number of ether oxygens (including phenoxy) is 2. The van der Waals surface area contributed by atoms with E-state index in [4.69, 9.17) is 9.47 Å². The monoisotopic (exact) mass is 437 g/mol. The number of piperidine rings is 1. The molecule has 1 fully saturated rings. The van der Waals surface area contributed by atoms with Crippen molar-refractivity contribution in [2.45, 2.75) is 30.7 Å². The molecule has 162 valence electrons. The smallest absolute Gasteiger partial charge is 0.331 e. The molecule has 0 unspecified atom stereocenters. The van der Waals surface area contributed by atoms with Gasteiger partial charge in [0.15, 0.2) is 6.61 Å². The number of nitrogens with zero attached hydrogens (tertiary/aromatic N) is 2. The van der Waals surface area contributed by atoms with E-state index in [1.165, 1.54) is 25.0 Å². The molecule has 0 bridgehead atoms. The zero-order chi connectivity index (χ0) is 21.9. The Hall–Kier alpha value is -2.95. The van der Waals surface area contributed by atoms with Crippen LogP contribution in [0.1, 0.15) is 25.3 Å². The van der Waals surface area contributed by atoms with E-state index in [1.807, 2.05) is 0 Å². The maximum absolute atomic E-state index is 12.3. The summed E-state index contributed by atoms with van der Waals surface area (Å²) < 4.78 is 36.3. The summed E-state index contributed by atoms with van der Waals surface area (Å²) in [5.41, 5.74) is 0.377. The van der Waals surface area contributed by atoms with Gasteiger partial charge in [-0.05, 0) is 31.9 Å². The Morgan fingerprint density at radius 2 is 1.90 bits per heavy atom. The highest BCUT2D eigenvalue weighted by molar-refractivity contribution is 7.90. The molecule has 2 aliphatic rings. The third-order valence-corrected chi connectivity index (χ3v) is 6.44. The molecule has 3 rings (SSSR count). The average Bonchev–Trinajstić information content (AvgIpc) is 3.01. The number of fused-ring (bicyclic) bond motifs is 1. The van der Waals surface area contributed by atoms with Crippen LogP contribution in [-0.4, -0.2) is 69.8 Å². The van der Waals surface area contributed by atoms with Gasteiger partial charge in [-0.25, -0.2) is 13.2 Å². The summed E-state index contributed by atoms with van der Waals surface area (Å²) in [5.74, 6) is -1.56. The van der Waals surface area contributed by atoms with E-state index in [9.17, 15) is 22.8 Å². The van der Waals surface area contributed by atoms with Crippen LogP contribution in [0.3, 0.4) is 0 Å². The molecule has 0 aliphatic carbocycles. The molecule has 1 N–H and O–H groups in total. The third kappa shape index (κ3) is 4.61. The van der Waals surface area contributed by atoms with E-state index in [-0.39, 0.29) is 28.5 Å². The number of esters is 2. The molecule has 1 atom stereocenters. The fraction of sp³-hybridized carbons (Fsp3) is 0.474. The lowest BCUT2D eigenvalue weighted by Gasteiger charge is -2.30. The van der Waals surface area contributed by atoms with Gasteiger partial charge in [0, 0.05) is 18.7 Å². The molecule has 30 heavy (non-hydrogen) atoms. The van der Waals surface area contributed by atoms with Gasteiger partial charge in [-0.15, -0.1) is 0 Å². The minimum atomic E-state index is -3.71. The molecule has 2 aliphatic heterocycles. The van der Waals surface area contributed by atoms with Crippen LogP contribution in [-0.2, 0) is 33.9 Å². The standard InChI is InChI=1S/C19H23N3O7S/c1-12(20-17-14-5-3-4-6-15(14)30(26,27)21-17)18(24)29-11-16(23)22-9-7-13(8-10-22)19(25)28-2/h3-6,12-13H,7-11H2,1-2H3,(H,20,21)/t12-/m0/s1. The first-order chi connectivity index (χ1) is 14.2. The van der Waals surface area contributed by atoms with Crippen LogP contribution in [0.5, 0.6) is 0 Å². The number of carbonyl (C=O) groups excluding carboxylic acids is 3. The van der Waals surface area contributed by atoms with Crippen LogP contribution in [0, 0.1) is 5.92 Å². The van der Waals surface area contributed by atoms with Gasteiger partial charge in [0.25, 0.3) is 15.9 Å². The second-order valence-electron chi connectivity index (χ2n) is 7.04. The lowest BCUT2D eigenvalue weighted by Crippen LogP contribution is -2.42. The average molecular weight is 437 g/mol. The predicted molar refractivity (Wildman–Crippen MR) is 105 cm³/mol. The van der Waals surface area contributed by atoms with Gasteiger partial charge < -0.3 is 14.4 Å². The van der Waals surface area contributed by atoms with Crippen molar-refractivity contribution >= 4 is 33.7 Å². The Morgan fingerprint density at radius 1 is 1.23 bits per heavy atom. The van der Waals surface area contributed by atoms with Crippen LogP contribution in [0.2, 0.25) is 0 Å². The highest BCUT2D eigenvalue weighted by Crippen LogP contribution is 2.23. The van der Waals surface area contributed by atoms with Crippen LogP contribution < -0.4 is 4.72 Å². The van der Waals surface area contributed by atoms with Crippen molar-refractivity contribution in [1.29, 1.82) is 0 Å². The van der Waals surface area contributed by atoms with Crippen LogP contribution in [0.15, 0.2) is 34.2 Å². The number of likely N-dealkylation sites (tertiary alicyclic amines) is 1. The summed E-state index contributed by atoms with van der Waals surface area (Å²) in [5, 5.41) is 0. The topological polar surface area (TPSA) is 131 Å². The maximum Gasteiger partial charge on any atom is 0.331 e. The number of nitrogens with one attached hydrogen (secondary N) is 1. The number of benzene rings is 1. The molecule has 0 spiro atoms. The number of sulfonamides is 1. The number of hydrogen-bond acceptors (Lipinski definition) is 8. The number of rotatable bonds is 5. The molecular weight excluding hydrogens is 414 g/mol. The predicted octanol–water partition coefficient (Wildman–Crippen LogP) is 0.0684. The molecular formula is C19H23N3O7S. The van der Waals surface area contributed by atoms with E-state index < -0.39 is 28.6 Å². The van der Waals surface area contributed by atoms with Gasteiger partial charge in [-0.3, -0.25) is 19.3 Å². The summed E-state index contributed by atoms with van der Waals surface area (Å²) in [6.07, 6.45) is 0.992. The first kappa shape index (κ1) is 21.8. The minimum absolute atomic E-state index is 0.0614. The van der Waals surface area contributed by atoms with Gasteiger partial charge in [-0.2, -0.15) is 0 Å². The van der Waals surface area contributed by atoms with Crippen molar-refractivity contribution in [1.82, 2.24) is 9.62 Å². The van der Waals surface area contributed by atoms with Gasteiger partial charge in [0.05, 0.1) is 17.9 Å². The SMILES string of the molecule is COC(=O)C1CCN(C(=O)COC(=O)[C@H](C)N=C2NS(=O)(=O)c3ccccc32)CC1. The van der Waals surface area contributed by atoms with Crippen molar-refractivity contribution in [2.24, 2.45) is 10.9 Å². The van der Waals surface area contributed by atoms with Crippen LogP contribution >= 0.6 is 0 Å². The van der Waals surface area contributed by atoms with E-state index in [0.717, 1.165) is 0 Å². The minimum Gasteiger partial charge on any atom is -0.469 e. The summed E-state index contributed by atoms with van der Waals surface area (Å²) in [4.78, 5) is 41.8. The van der Waals surface area contributed by atoms with E-state index in [1.54, 1.807) is 18.2 Å². The van der Waals surface area contributed by atoms with Crippen LogP contribution in [0.25, 0.3) is 0 Å².